The summed E-state index contributed by atoms with van der Waals surface area (Å²) in [6, 6.07) is 1.49. The Morgan fingerprint density at radius 3 is 2.70 bits per heavy atom. The normalized spacial score (nSPS) is 15.8. The van der Waals surface area contributed by atoms with Crippen molar-refractivity contribution in [2.24, 2.45) is 0 Å². The molecule has 1 aromatic heterocycles. The van der Waals surface area contributed by atoms with E-state index in [2.05, 4.69) is 4.98 Å². The molecule has 1 aliphatic heterocycles. The Hall–Kier alpha value is -2.31. The lowest BCUT2D eigenvalue weighted by atomic mass is 10.2. The maximum Gasteiger partial charge on any atom is 0.337 e. The van der Waals surface area contributed by atoms with E-state index in [1.165, 1.54) is 12.3 Å². The highest BCUT2D eigenvalue weighted by Gasteiger charge is 2.19. The Labute approximate surface area is 117 Å². The van der Waals surface area contributed by atoms with Crippen LogP contribution in [0.3, 0.4) is 0 Å². The number of hydrogen-bond acceptors (Lipinski definition) is 5. The van der Waals surface area contributed by atoms with Crippen LogP contribution >= 0.6 is 0 Å². The molecule has 2 heterocycles. The molecule has 7 heteroatoms. The number of carboxylic acid groups (broad SMARTS) is 1. The lowest BCUT2D eigenvalue weighted by Crippen LogP contribution is -2.33. The molecule has 0 aromatic carbocycles. The van der Waals surface area contributed by atoms with Crippen molar-refractivity contribution in [2.45, 2.75) is 13.3 Å². The van der Waals surface area contributed by atoms with Gasteiger partial charge >= 0.3 is 5.97 Å². The van der Waals surface area contributed by atoms with Crippen LogP contribution in [0.5, 0.6) is 0 Å². The number of carbonyl (C=O) groups excluding carboxylic acids is 1. The second-order valence-electron chi connectivity index (χ2n) is 4.78. The van der Waals surface area contributed by atoms with Crippen molar-refractivity contribution in [3.05, 3.63) is 17.8 Å². The molecule has 1 amide bonds. The van der Waals surface area contributed by atoms with Crippen LogP contribution < -0.4 is 10.6 Å². The summed E-state index contributed by atoms with van der Waals surface area (Å²) in [6.45, 7) is 4.26. The highest BCUT2D eigenvalue weighted by molar-refractivity contribution is 5.94. The summed E-state index contributed by atoms with van der Waals surface area (Å²) in [5.74, 6) is -0.420. The molecule has 7 nitrogen and oxygen atoms in total. The molecule has 1 aromatic rings. The van der Waals surface area contributed by atoms with Crippen LogP contribution in [0.4, 0.5) is 11.5 Å². The number of nitrogens with two attached hydrogens (primary N) is 1. The fourth-order valence-electron chi connectivity index (χ4n) is 2.27. The zero-order chi connectivity index (χ0) is 14.7. The Balaban J connectivity index is 2.17. The zero-order valence-corrected chi connectivity index (χ0v) is 11.4. The number of rotatable bonds is 2. The first-order chi connectivity index (χ1) is 9.49. The monoisotopic (exact) mass is 278 g/mol. The molecular weight excluding hydrogens is 260 g/mol. The van der Waals surface area contributed by atoms with Crippen LogP contribution in [0.2, 0.25) is 0 Å². The summed E-state index contributed by atoms with van der Waals surface area (Å²) in [7, 11) is 0. The molecule has 20 heavy (non-hydrogen) atoms. The van der Waals surface area contributed by atoms with Gasteiger partial charge in [0.15, 0.2) is 0 Å². The summed E-state index contributed by atoms with van der Waals surface area (Å²) in [6.07, 6.45) is 2.19. The lowest BCUT2D eigenvalue weighted by molar-refractivity contribution is -0.128. The first-order valence-corrected chi connectivity index (χ1v) is 6.48. The number of nitrogen functional groups attached to an aromatic ring is 1. The quantitative estimate of drug-likeness (QED) is 0.813. The van der Waals surface area contributed by atoms with Gasteiger partial charge in [0.25, 0.3) is 0 Å². The number of carboxylic acids is 1. The average molecular weight is 278 g/mol. The SMILES string of the molecule is CC(=O)N1CCCN(c2cc(C(=O)O)c(N)cn2)CC1. The van der Waals surface area contributed by atoms with Crippen LogP contribution in [0, 0.1) is 0 Å². The minimum absolute atomic E-state index is 0.0580. The van der Waals surface area contributed by atoms with E-state index in [0.717, 1.165) is 13.0 Å². The van der Waals surface area contributed by atoms with Gasteiger partial charge < -0.3 is 20.6 Å². The van der Waals surface area contributed by atoms with Crippen molar-refractivity contribution in [1.82, 2.24) is 9.88 Å². The maximum atomic E-state index is 11.4. The largest absolute Gasteiger partial charge is 0.478 e. The molecular formula is C13H18N4O3. The molecule has 1 aliphatic rings. The Morgan fingerprint density at radius 1 is 1.30 bits per heavy atom. The molecule has 108 valence electrons. The molecule has 0 spiro atoms. The van der Waals surface area contributed by atoms with Gasteiger partial charge in [-0.05, 0) is 12.5 Å². The van der Waals surface area contributed by atoms with E-state index in [4.69, 9.17) is 10.8 Å². The van der Waals surface area contributed by atoms with Gasteiger partial charge in [0.2, 0.25) is 5.91 Å². The first-order valence-electron chi connectivity index (χ1n) is 6.48. The van der Waals surface area contributed by atoms with E-state index in [0.29, 0.717) is 25.5 Å². The first kappa shape index (κ1) is 14.1. The maximum absolute atomic E-state index is 11.4. The van der Waals surface area contributed by atoms with Crippen LogP contribution in [0.15, 0.2) is 12.3 Å². The Kier molecular flexibility index (Phi) is 4.07. The summed E-state index contributed by atoms with van der Waals surface area (Å²) >= 11 is 0. The number of nitrogens with zero attached hydrogens (tertiary/aromatic N) is 3. The fraction of sp³-hybridized carbons (Fsp3) is 0.462. The molecule has 3 N–H and O–H groups in total. The molecule has 1 saturated heterocycles. The Morgan fingerprint density at radius 2 is 2.05 bits per heavy atom. The van der Waals surface area contributed by atoms with Gasteiger partial charge in [-0.2, -0.15) is 0 Å². The van der Waals surface area contributed by atoms with Gasteiger partial charge in [-0.15, -0.1) is 0 Å². The minimum Gasteiger partial charge on any atom is -0.478 e. The van der Waals surface area contributed by atoms with Crippen LogP contribution in [-0.4, -0.2) is 53.0 Å². The number of aromatic nitrogens is 1. The zero-order valence-electron chi connectivity index (χ0n) is 11.4. The topological polar surface area (TPSA) is 99.8 Å². The van der Waals surface area contributed by atoms with Crippen LogP contribution in [0.1, 0.15) is 23.7 Å². The van der Waals surface area contributed by atoms with E-state index in [9.17, 15) is 9.59 Å². The van der Waals surface area contributed by atoms with E-state index in [-0.39, 0.29) is 17.2 Å². The van der Waals surface area contributed by atoms with Crippen molar-refractivity contribution in [3.8, 4) is 0 Å². The van der Waals surface area contributed by atoms with Crippen molar-refractivity contribution in [3.63, 3.8) is 0 Å². The van der Waals surface area contributed by atoms with Crippen molar-refractivity contribution >= 4 is 23.4 Å². The lowest BCUT2D eigenvalue weighted by Gasteiger charge is -2.22. The van der Waals surface area contributed by atoms with E-state index in [1.807, 2.05) is 4.90 Å². The highest BCUT2D eigenvalue weighted by atomic mass is 16.4. The second kappa shape index (κ2) is 5.77. The van der Waals surface area contributed by atoms with Gasteiger partial charge in [-0.1, -0.05) is 0 Å². The number of hydrogen-bond donors (Lipinski definition) is 2. The van der Waals surface area contributed by atoms with Gasteiger partial charge in [0.1, 0.15) is 5.82 Å². The van der Waals surface area contributed by atoms with Crippen molar-refractivity contribution < 1.29 is 14.7 Å². The van der Waals surface area contributed by atoms with E-state index in [1.54, 1.807) is 11.8 Å². The van der Waals surface area contributed by atoms with Crippen molar-refractivity contribution in [2.75, 3.05) is 36.8 Å². The Bertz CT molecular complexity index is 532. The smallest absolute Gasteiger partial charge is 0.337 e. The van der Waals surface area contributed by atoms with Crippen molar-refractivity contribution in [1.29, 1.82) is 0 Å². The third-order valence-electron chi connectivity index (χ3n) is 3.42. The molecule has 0 unspecified atom stereocenters. The molecule has 2 rings (SSSR count). The molecule has 0 radical (unpaired) electrons. The highest BCUT2D eigenvalue weighted by Crippen LogP contribution is 2.19. The van der Waals surface area contributed by atoms with E-state index < -0.39 is 5.97 Å². The van der Waals surface area contributed by atoms with E-state index >= 15 is 0 Å². The minimum atomic E-state index is -1.06. The van der Waals surface area contributed by atoms with Gasteiger partial charge in [-0.3, -0.25) is 4.79 Å². The number of aromatic carboxylic acids is 1. The molecule has 0 atom stereocenters. The summed E-state index contributed by atoms with van der Waals surface area (Å²) < 4.78 is 0. The third-order valence-corrected chi connectivity index (χ3v) is 3.42. The molecule has 1 fully saturated rings. The summed E-state index contributed by atoms with van der Waals surface area (Å²) in [5.41, 5.74) is 5.81. The predicted molar refractivity (Wildman–Crippen MR) is 74.7 cm³/mol. The molecule has 0 aliphatic carbocycles. The molecule has 0 saturated carbocycles. The average Bonchev–Trinajstić information content (AvgIpc) is 2.64. The van der Waals surface area contributed by atoms with Gasteiger partial charge in [-0.25, -0.2) is 9.78 Å². The van der Waals surface area contributed by atoms with Gasteiger partial charge in [0.05, 0.1) is 17.4 Å². The fourth-order valence-corrected chi connectivity index (χ4v) is 2.27. The number of carbonyl (C=O) groups is 2. The number of anilines is 2. The summed E-state index contributed by atoms with van der Waals surface area (Å²) in [5, 5.41) is 9.08. The summed E-state index contributed by atoms with van der Waals surface area (Å²) in [4.78, 5) is 30.4. The number of amides is 1. The van der Waals surface area contributed by atoms with Crippen LogP contribution in [0.25, 0.3) is 0 Å². The number of pyridine rings is 1. The third kappa shape index (κ3) is 2.98. The van der Waals surface area contributed by atoms with Gasteiger partial charge in [0, 0.05) is 33.1 Å². The predicted octanol–water partition coefficient (Wildman–Crippen LogP) is 0.421. The standard InChI is InChI=1S/C13H18N4O3/c1-9(18)16-3-2-4-17(6-5-16)12-7-10(13(19)20)11(14)8-15-12/h7-8H,2-6,14H2,1H3,(H,19,20). The second-order valence-corrected chi connectivity index (χ2v) is 4.78. The molecule has 0 bridgehead atoms. The van der Waals surface area contributed by atoms with Crippen LogP contribution in [-0.2, 0) is 4.79 Å².